The third-order valence-corrected chi connectivity index (χ3v) is 8.01. The molecule has 36 heavy (non-hydrogen) atoms. The van der Waals surface area contributed by atoms with E-state index in [9.17, 15) is 22.0 Å². The Labute approximate surface area is 222 Å². The zero-order valence-corrected chi connectivity index (χ0v) is 22.6. The van der Waals surface area contributed by atoms with Crippen molar-refractivity contribution in [3.63, 3.8) is 0 Å². The number of nitrogens with zero attached hydrogens (tertiary/aromatic N) is 1. The fraction of sp³-hybridized carbons (Fsp3) is 0.179. The molecule has 0 aliphatic carbocycles. The van der Waals surface area contributed by atoms with Gasteiger partial charge < -0.3 is 0 Å². The minimum absolute atomic E-state index is 0.195. The molecule has 3 aromatic carbocycles. The van der Waals surface area contributed by atoms with Gasteiger partial charge in [-0.05, 0) is 90.0 Å². The van der Waals surface area contributed by atoms with Gasteiger partial charge in [0.25, 0.3) is 0 Å². The van der Waals surface area contributed by atoms with Crippen LogP contribution in [0.4, 0.5) is 22.0 Å². The number of hydrogen-bond donors (Lipinski definition) is 0. The monoisotopic (exact) mass is 625 g/mol. The van der Waals surface area contributed by atoms with Gasteiger partial charge in [0.05, 0.1) is 5.69 Å². The average Bonchev–Trinajstić information content (AvgIpc) is 2.88. The molecular formula is C28H22F5INP. The SMILES string of the molecule is CPC(CCc1c(F)c(F)c(F)c(F)c1F)c1cccc(-c2c(C)cc(I)cc2-c2ccccc2)n1. The zero-order valence-electron chi connectivity index (χ0n) is 19.5. The molecule has 4 aromatic rings. The van der Waals surface area contributed by atoms with Crippen molar-refractivity contribution in [3.05, 3.63) is 110 Å². The van der Waals surface area contributed by atoms with Crippen LogP contribution in [0.1, 0.15) is 28.9 Å². The number of rotatable bonds is 7. The third-order valence-electron chi connectivity index (χ3n) is 6.10. The van der Waals surface area contributed by atoms with E-state index in [0.29, 0.717) is 14.3 Å². The summed E-state index contributed by atoms with van der Waals surface area (Å²) in [5.74, 6) is -9.51. The van der Waals surface area contributed by atoms with Gasteiger partial charge in [0.1, 0.15) is 0 Å². The molecule has 0 radical (unpaired) electrons. The predicted molar refractivity (Wildman–Crippen MR) is 144 cm³/mol. The Bertz CT molecular complexity index is 1380. The Kier molecular flexibility index (Phi) is 8.41. The highest BCUT2D eigenvalue weighted by Gasteiger charge is 2.26. The van der Waals surface area contributed by atoms with Crippen LogP contribution >= 0.6 is 31.2 Å². The molecule has 0 N–H and O–H groups in total. The van der Waals surface area contributed by atoms with Gasteiger partial charge in [0.2, 0.25) is 5.82 Å². The Morgan fingerprint density at radius 2 is 1.47 bits per heavy atom. The first-order valence-corrected chi connectivity index (χ1v) is 13.9. The van der Waals surface area contributed by atoms with Crippen molar-refractivity contribution in [3.8, 4) is 22.4 Å². The Balaban J connectivity index is 1.70. The fourth-order valence-corrected chi connectivity index (χ4v) is 5.98. The lowest BCUT2D eigenvalue weighted by Crippen LogP contribution is -2.09. The summed E-state index contributed by atoms with van der Waals surface area (Å²) < 4.78 is 70.2. The molecule has 1 nitrogen and oxygen atoms in total. The summed E-state index contributed by atoms with van der Waals surface area (Å²) in [6.07, 6.45) is -0.0952. The summed E-state index contributed by atoms with van der Waals surface area (Å²) in [7, 11) is 0.313. The van der Waals surface area contributed by atoms with E-state index in [1.807, 2.05) is 62.1 Å². The van der Waals surface area contributed by atoms with Crippen LogP contribution < -0.4 is 0 Å². The molecule has 8 heteroatoms. The summed E-state index contributed by atoms with van der Waals surface area (Å²) in [6, 6.07) is 19.8. The maximum Gasteiger partial charge on any atom is 0.200 e. The molecule has 0 amide bonds. The first kappa shape index (κ1) is 26.7. The summed E-state index contributed by atoms with van der Waals surface area (Å²) in [6.45, 7) is 3.96. The largest absolute Gasteiger partial charge is 0.252 e. The molecule has 0 aliphatic rings. The van der Waals surface area contributed by atoms with E-state index in [0.717, 1.165) is 31.5 Å². The maximum atomic E-state index is 14.2. The van der Waals surface area contributed by atoms with Crippen molar-refractivity contribution in [2.24, 2.45) is 0 Å². The quantitative estimate of drug-likeness (QED) is 0.0657. The fourth-order valence-electron chi connectivity index (χ4n) is 4.31. The van der Waals surface area contributed by atoms with Crippen molar-refractivity contribution < 1.29 is 22.0 Å². The van der Waals surface area contributed by atoms with Gasteiger partial charge in [-0.15, -0.1) is 8.58 Å². The van der Waals surface area contributed by atoms with Crippen LogP contribution in [0, 0.1) is 39.6 Å². The van der Waals surface area contributed by atoms with E-state index < -0.39 is 34.6 Å². The number of aryl methyl sites for hydroxylation is 1. The molecule has 1 aromatic heterocycles. The lowest BCUT2D eigenvalue weighted by atomic mass is 9.93. The molecule has 0 bridgehead atoms. The molecule has 2 atom stereocenters. The maximum absolute atomic E-state index is 14.2. The lowest BCUT2D eigenvalue weighted by molar-refractivity contribution is 0.369. The minimum Gasteiger partial charge on any atom is -0.252 e. The third kappa shape index (κ3) is 5.32. The Morgan fingerprint density at radius 3 is 2.11 bits per heavy atom. The lowest BCUT2D eigenvalue weighted by Gasteiger charge is -2.18. The van der Waals surface area contributed by atoms with Crippen LogP contribution in [0.15, 0.2) is 60.7 Å². The molecule has 0 spiro atoms. The normalized spacial score (nSPS) is 12.4. The smallest absolute Gasteiger partial charge is 0.200 e. The molecule has 0 saturated heterocycles. The van der Waals surface area contributed by atoms with Gasteiger partial charge in [-0.2, -0.15) is 0 Å². The zero-order chi connectivity index (χ0) is 26.0. The second kappa shape index (κ2) is 11.3. The molecule has 1 heterocycles. The van der Waals surface area contributed by atoms with E-state index in [1.165, 1.54) is 0 Å². The number of hydrogen-bond acceptors (Lipinski definition) is 1. The second-order valence-electron chi connectivity index (χ2n) is 8.39. The summed E-state index contributed by atoms with van der Waals surface area (Å²) in [5, 5.41) is 0. The molecule has 0 fully saturated rings. The highest BCUT2D eigenvalue weighted by molar-refractivity contribution is 14.1. The minimum atomic E-state index is -2.14. The van der Waals surface area contributed by atoms with Gasteiger partial charge in [-0.3, -0.25) is 4.98 Å². The van der Waals surface area contributed by atoms with Crippen molar-refractivity contribution in [1.29, 1.82) is 0 Å². The molecule has 186 valence electrons. The van der Waals surface area contributed by atoms with Gasteiger partial charge in [-0.25, -0.2) is 22.0 Å². The topological polar surface area (TPSA) is 12.9 Å². The average molecular weight is 625 g/mol. The summed E-state index contributed by atoms with van der Waals surface area (Å²) in [5.41, 5.74) is 4.63. The van der Waals surface area contributed by atoms with Crippen molar-refractivity contribution in [2.75, 3.05) is 6.66 Å². The number of benzene rings is 3. The van der Waals surface area contributed by atoms with Crippen LogP contribution in [0.3, 0.4) is 0 Å². The highest BCUT2D eigenvalue weighted by atomic mass is 127. The van der Waals surface area contributed by atoms with Crippen molar-refractivity contribution in [1.82, 2.24) is 4.98 Å². The van der Waals surface area contributed by atoms with Gasteiger partial charge in [-0.1, -0.05) is 36.4 Å². The summed E-state index contributed by atoms with van der Waals surface area (Å²) >= 11 is 2.29. The Morgan fingerprint density at radius 1 is 0.833 bits per heavy atom. The van der Waals surface area contributed by atoms with Crippen LogP contribution in [0.5, 0.6) is 0 Å². The Hall–Kier alpha value is -2.38. The van der Waals surface area contributed by atoms with Crippen molar-refractivity contribution >= 4 is 31.2 Å². The van der Waals surface area contributed by atoms with E-state index in [4.69, 9.17) is 4.98 Å². The van der Waals surface area contributed by atoms with Gasteiger partial charge >= 0.3 is 0 Å². The molecular weight excluding hydrogens is 603 g/mol. The second-order valence-corrected chi connectivity index (χ2v) is 10.9. The van der Waals surface area contributed by atoms with Gasteiger partial charge in [0.15, 0.2) is 23.3 Å². The predicted octanol–water partition coefficient (Wildman–Crippen LogP) is 9.01. The van der Waals surface area contributed by atoms with Crippen LogP contribution in [0.2, 0.25) is 0 Å². The van der Waals surface area contributed by atoms with Gasteiger partial charge in [0, 0.05) is 26.1 Å². The first-order valence-electron chi connectivity index (χ1n) is 11.2. The molecule has 2 unspecified atom stereocenters. The van der Waals surface area contributed by atoms with E-state index in [1.54, 1.807) is 0 Å². The van der Waals surface area contributed by atoms with E-state index >= 15 is 0 Å². The standard InChI is InChI=1S/C28H22F5INP/c1-15-13-17(34)14-19(16-7-4-3-5-8-16)23(15)21-10-6-9-20(35-21)22(36-2)12-11-18-24(29)26(31)28(33)27(32)25(18)30/h3-10,13-14,22,36H,11-12H2,1-2H3. The van der Waals surface area contributed by atoms with Crippen molar-refractivity contribution in [2.45, 2.75) is 25.4 Å². The van der Waals surface area contributed by atoms with Crippen LogP contribution in [-0.4, -0.2) is 11.6 Å². The number of aromatic nitrogens is 1. The number of pyridine rings is 1. The number of halogens is 6. The summed E-state index contributed by atoms with van der Waals surface area (Å²) in [4.78, 5) is 4.91. The first-order chi connectivity index (χ1) is 17.2. The molecule has 4 rings (SSSR count). The van der Waals surface area contributed by atoms with E-state index in [-0.39, 0.29) is 18.5 Å². The van der Waals surface area contributed by atoms with E-state index in [2.05, 4.69) is 34.7 Å². The van der Waals surface area contributed by atoms with Crippen LogP contribution in [0.25, 0.3) is 22.4 Å². The molecule has 0 saturated carbocycles. The van der Waals surface area contributed by atoms with Crippen LogP contribution in [-0.2, 0) is 6.42 Å². The molecule has 0 aliphatic heterocycles. The highest BCUT2D eigenvalue weighted by Crippen LogP contribution is 2.39.